The normalized spacial score (nSPS) is 16.5. The third-order valence-corrected chi connectivity index (χ3v) is 6.15. The number of carbonyl (C=O) groups excluding carboxylic acids is 5. The molecule has 0 aromatic carbocycles. The molecule has 0 spiro atoms. The predicted octanol–water partition coefficient (Wildman–Crippen LogP) is 2.78. The molecule has 0 aliphatic carbocycles. The smallest absolute Gasteiger partial charge is 0.315 e. The minimum atomic E-state index is -0.718. The van der Waals surface area contributed by atoms with Crippen LogP contribution in [0, 0.1) is 23.7 Å². The highest BCUT2D eigenvalue weighted by Crippen LogP contribution is 2.31. The summed E-state index contributed by atoms with van der Waals surface area (Å²) in [5.74, 6) is 1.80. The van der Waals surface area contributed by atoms with E-state index in [2.05, 4.69) is 54.5 Å². The summed E-state index contributed by atoms with van der Waals surface area (Å²) >= 11 is 0. The van der Waals surface area contributed by atoms with Gasteiger partial charge < -0.3 is 26.2 Å². The Morgan fingerprint density at radius 1 is 1.18 bits per heavy atom. The van der Waals surface area contributed by atoms with Gasteiger partial charge in [0, 0.05) is 32.6 Å². The van der Waals surface area contributed by atoms with E-state index in [0.29, 0.717) is 12.3 Å². The lowest BCUT2D eigenvalue weighted by Gasteiger charge is -2.35. The van der Waals surface area contributed by atoms with Gasteiger partial charge in [-0.3, -0.25) is 19.2 Å². The average molecular weight is 550 g/mol. The van der Waals surface area contributed by atoms with Gasteiger partial charge in [0.25, 0.3) is 5.91 Å². The molecule has 39 heavy (non-hydrogen) atoms. The number of amides is 5. The third kappa shape index (κ3) is 16.3. The quantitative estimate of drug-likeness (QED) is 0.0976. The number of hydrogen-bond acceptors (Lipinski definition) is 5. The van der Waals surface area contributed by atoms with Gasteiger partial charge in [0.05, 0.1) is 6.54 Å². The maximum absolute atomic E-state index is 12.9. The van der Waals surface area contributed by atoms with Crippen molar-refractivity contribution in [2.45, 2.75) is 92.2 Å². The number of rotatable bonds is 12. The van der Waals surface area contributed by atoms with E-state index in [1.165, 1.54) is 18.9 Å². The second-order valence-electron chi connectivity index (χ2n) is 10.4. The molecule has 10 heteroatoms. The Kier molecular flexibility index (Phi) is 20.9. The lowest BCUT2D eigenvalue weighted by atomic mass is 9.85. The third-order valence-electron chi connectivity index (χ3n) is 6.15. The van der Waals surface area contributed by atoms with Crippen molar-refractivity contribution in [2.75, 3.05) is 26.7 Å². The number of unbranched alkanes of at least 4 members (excludes halogenated alkanes) is 2. The molecule has 0 saturated carbocycles. The number of hydrogen-bond donors (Lipinski definition) is 4. The van der Waals surface area contributed by atoms with Gasteiger partial charge in [-0.1, -0.05) is 53.5 Å². The van der Waals surface area contributed by atoms with Crippen molar-refractivity contribution in [3.8, 4) is 12.3 Å². The molecule has 0 radical (unpaired) electrons. The van der Waals surface area contributed by atoms with Crippen molar-refractivity contribution >= 4 is 30.0 Å². The van der Waals surface area contributed by atoms with Crippen LogP contribution in [0.3, 0.4) is 0 Å². The first-order chi connectivity index (χ1) is 18.4. The van der Waals surface area contributed by atoms with Gasteiger partial charge in [0.2, 0.25) is 18.1 Å². The fourth-order valence-corrected chi connectivity index (χ4v) is 3.85. The fraction of sp³-hybridized carbons (Fsp3) is 0.690. The van der Waals surface area contributed by atoms with Gasteiger partial charge >= 0.3 is 6.03 Å². The van der Waals surface area contributed by atoms with Gasteiger partial charge in [-0.15, -0.1) is 18.9 Å². The van der Waals surface area contributed by atoms with E-state index in [9.17, 15) is 24.0 Å². The van der Waals surface area contributed by atoms with Crippen LogP contribution in [0.4, 0.5) is 4.79 Å². The molecule has 0 aromatic heterocycles. The number of nitrogens with zero attached hydrogens (tertiary/aromatic N) is 1. The van der Waals surface area contributed by atoms with Crippen molar-refractivity contribution in [2.24, 2.45) is 11.3 Å². The van der Waals surface area contributed by atoms with Crippen LogP contribution in [0.1, 0.15) is 80.1 Å². The second-order valence-corrected chi connectivity index (χ2v) is 10.4. The van der Waals surface area contributed by atoms with Gasteiger partial charge in [-0.25, -0.2) is 4.79 Å². The van der Waals surface area contributed by atoms with Gasteiger partial charge in [-0.05, 0) is 37.5 Å². The highest BCUT2D eigenvalue weighted by Gasteiger charge is 2.41. The van der Waals surface area contributed by atoms with Crippen LogP contribution in [0.2, 0.25) is 0 Å². The molecule has 222 valence electrons. The molecular weight excluding hydrogens is 498 g/mol. The zero-order valence-corrected chi connectivity index (χ0v) is 25.0. The van der Waals surface area contributed by atoms with Crippen LogP contribution >= 0.6 is 0 Å². The lowest BCUT2D eigenvalue weighted by molar-refractivity contribution is -0.137. The van der Waals surface area contributed by atoms with E-state index in [1.807, 2.05) is 25.7 Å². The molecule has 3 atom stereocenters. The summed E-state index contributed by atoms with van der Waals surface area (Å²) in [5, 5.41) is 9.71. The number of Topliss-reactive ketones (excluding diaryl/α,β-unsaturated/α-hetero) is 1. The maximum atomic E-state index is 12.9. The zero-order valence-electron chi connectivity index (χ0n) is 25.0. The number of nitrogens with one attached hydrogen (secondary N) is 4. The molecule has 4 N–H and O–H groups in total. The van der Waals surface area contributed by atoms with Crippen LogP contribution in [0.5, 0.6) is 0 Å². The standard InChI is InChI=1S/C16H31N3O2.C7H10N2O3.C6H10/c1-7-8-12-9-10-19(11(12)2)14(20)13(16(3,4)5)18-15(21)17-6;1-2-3-9-7(12)6(11)4-8-5-10;1-3-5-6-4-2/h11-13H,7-10H2,1-6H3,(H2,17,18,21);2,5H,1,3-4H2,(H,8,10)(H,9,12);1H,4-6H2,2H3/t11?,12-,13?;;/m0../s1. The minimum Gasteiger partial charge on any atom is -0.351 e. The summed E-state index contributed by atoms with van der Waals surface area (Å²) in [7, 11) is 1.56. The Morgan fingerprint density at radius 3 is 2.26 bits per heavy atom. The Balaban J connectivity index is 0. The first-order valence-corrected chi connectivity index (χ1v) is 13.7. The molecule has 1 rings (SSSR count). The second kappa shape index (κ2) is 21.6. The Labute approximate surface area is 235 Å². The first-order valence-electron chi connectivity index (χ1n) is 13.7. The average Bonchev–Trinajstić information content (AvgIpc) is 3.27. The highest BCUT2D eigenvalue weighted by atomic mass is 16.2. The summed E-state index contributed by atoms with van der Waals surface area (Å²) in [6.45, 7) is 16.5. The highest BCUT2D eigenvalue weighted by molar-refractivity contribution is 6.37. The van der Waals surface area contributed by atoms with Crippen molar-refractivity contribution in [1.82, 2.24) is 26.2 Å². The van der Waals surface area contributed by atoms with Crippen LogP contribution in [0.15, 0.2) is 12.7 Å². The molecule has 1 aliphatic heterocycles. The topological polar surface area (TPSA) is 137 Å². The molecular formula is C29H51N5O5. The first kappa shape index (κ1) is 37.8. The monoisotopic (exact) mass is 549 g/mol. The van der Waals surface area contributed by atoms with Crippen LogP contribution in [-0.2, 0) is 19.2 Å². The molecule has 0 aromatic rings. The minimum absolute atomic E-state index is 0.0391. The molecule has 1 heterocycles. The molecule has 0 bridgehead atoms. The van der Waals surface area contributed by atoms with Crippen LogP contribution in [-0.4, -0.2) is 73.7 Å². The Morgan fingerprint density at radius 2 is 1.82 bits per heavy atom. The van der Waals surface area contributed by atoms with Crippen LogP contribution < -0.4 is 21.3 Å². The zero-order chi connectivity index (χ0) is 30.4. The number of urea groups is 1. The van der Waals surface area contributed by atoms with Gasteiger partial charge in [0.1, 0.15) is 6.04 Å². The van der Waals surface area contributed by atoms with E-state index in [1.54, 1.807) is 7.05 Å². The van der Waals surface area contributed by atoms with Crippen LogP contribution in [0.25, 0.3) is 0 Å². The van der Waals surface area contributed by atoms with Crippen molar-refractivity contribution in [3.05, 3.63) is 12.7 Å². The molecule has 5 amide bonds. The molecule has 1 saturated heterocycles. The number of likely N-dealkylation sites (tertiary alicyclic amines) is 1. The summed E-state index contributed by atoms with van der Waals surface area (Å²) in [4.78, 5) is 57.7. The van der Waals surface area contributed by atoms with Crippen molar-refractivity contribution < 1.29 is 24.0 Å². The van der Waals surface area contributed by atoms with E-state index < -0.39 is 17.7 Å². The summed E-state index contributed by atoms with van der Waals surface area (Å²) in [6.07, 6.45) is 13.5. The van der Waals surface area contributed by atoms with E-state index >= 15 is 0 Å². The van der Waals surface area contributed by atoms with E-state index in [-0.39, 0.29) is 36.5 Å². The SMILES string of the molecule is C#CCCCC.C=CCNC(=O)C(=O)CNC=O.CCC[C@H]1CCN(C(=O)C(NC(=O)NC)C(C)(C)C)C1C. The molecule has 1 fully saturated rings. The molecule has 1 aliphatic rings. The number of terminal acetylenes is 1. The van der Waals surface area contributed by atoms with E-state index in [0.717, 1.165) is 32.2 Å². The largest absolute Gasteiger partial charge is 0.351 e. The Hall–Kier alpha value is -3.35. The van der Waals surface area contributed by atoms with Crippen molar-refractivity contribution in [1.29, 1.82) is 0 Å². The van der Waals surface area contributed by atoms with Gasteiger partial charge in [0.15, 0.2) is 0 Å². The molecule has 2 unspecified atom stereocenters. The van der Waals surface area contributed by atoms with Crippen molar-refractivity contribution in [3.63, 3.8) is 0 Å². The summed E-state index contributed by atoms with van der Waals surface area (Å²) < 4.78 is 0. The maximum Gasteiger partial charge on any atom is 0.315 e. The Bertz CT molecular complexity index is 794. The number of ketones is 1. The summed E-state index contributed by atoms with van der Waals surface area (Å²) in [5.41, 5.74) is -0.313. The van der Waals surface area contributed by atoms with E-state index in [4.69, 9.17) is 6.42 Å². The molecule has 10 nitrogen and oxygen atoms in total. The fourth-order valence-electron chi connectivity index (χ4n) is 3.85. The summed E-state index contributed by atoms with van der Waals surface area (Å²) in [6, 6.07) is -0.547. The lowest BCUT2D eigenvalue weighted by Crippen LogP contribution is -2.57. The van der Waals surface area contributed by atoms with Gasteiger partial charge in [-0.2, -0.15) is 0 Å². The predicted molar refractivity (Wildman–Crippen MR) is 156 cm³/mol. The number of carbonyl (C=O) groups is 5.